The highest BCUT2D eigenvalue weighted by Gasteiger charge is 2.33. The molecule has 0 unspecified atom stereocenters. The van der Waals surface area contributed by atoms with Crippen molar-refractivity contribution >= 4 is 29.0 Å². The fourth-order valence-corrected chi connectivity index (χ4v) is 7.49. The summed E-state index contributed by atoms with van der Waals surface area (Å²) in [6.45, 7) is 8.91. The first-order chi connectivity index (χ1) is 23.0. The van der Waals surface area contributed by atoms with Crippen molar-refractivity contribution < 1.29 is 9.53 Å². The van der Waals surface area contributed by atoms with E-state index in [1.165, 1.54) is 24.1 Å². The zero-order chi connectivity index (χ0) is 32.1. The van der Waals surface area contributed by atoms with Gasteiger partial charge in [-0.05, 0) is 61.9 Å². The number of hydrogen-bond acceptors (Lipinski definition) is 9. The van der Waals surface area contributed by atoms with Crippen molar-refractivity contribution in [2.24, 2.45) is 7.05 Å². The molecule has 8 rings (SSSR count). The molecular weight excluding hydrogens is 594 g/mol. The molecule has 2 fully saturated rings. The summed E-state index contributed by atoms with van der Waals surface area (Å²) >= 11 is 0. The van der Waals surface area contributed by atoms with Gasteiger partial charge in [0.25, 0.3) is 11.5 Å². The van der Waals surface area contributed by atoms with Gasteiger partial charge in [-0.2, -0.15) is 0 Å². The van der Waals surface area contributed by atoms with Gasteiger partial charge in [0.1, 0.15) is 17.3 Å². The Morgan fingerprint density at radius 3 is 2.55 bits per heavy atom. The highest BCUT2D eigenvalue weighted by Crippen LogP contribution is 2.34. The molecule has 4 aromatic rings. The second-order valence-electron chi connectivity index (χ2n) is 13.0. The summed E-state index contributed by atoms with van der Waals surface area (Å²) in [4.78, 5) is 47.9. The number of amides is 1. The topological polar surface area (TPSA) is 114 Å². The Morgan fingerprint density at radius 1 is 0.979 bits per heavy atom. The van der Waals surface area contributed by atoms with E-state index in [0.717, 1.165) is 81.4 Å². The van der Waals surface area contributed by atoms with Crippen molar-refractivity contribution in [2.45, 2.75) is 51.6 Å². The lowest BCUT2D eigenvalue weighted by Gasteiger charge is -2.42. The molecule has 2 saturated heterocycles. The van der Waals surface area contributed by atoms with E-state index in [4.69, 9.17) is 19.7 Å². The third-order valence-electron chi connectivity index (χ3n) is 10.2. The van der Waals surface area contributed by atoms with Gasteiger partial charge in [0.2, 0.25) is 0 Å². The molecular formula is C35H41N9O3. The number of piperazine rings is 1. The first-order valence-electron chi connectivity index (χ1n) is 16.9. The molecule has 12 heteroatoms. The van der Waals surface area contributed by atoms with E-state index in [1.54, 1.807) is 30.2 Å². The number of hydrogen-bond donors (Lipinski definition) is 1. The molecule has 3 aliphatic heterocycles. The van der Waals surface area contributed by atoms with E-state index in [0.29, 0.717) is 36.2 Å². The molecule has 0 aromatic carbocycles. The number of pyridine rings is 2. The summed E-state index contributed by atoms with van der Waals surface area (Å²) in [5.41, 5.74) is 6.27. The van der Waals surface area contributed by atoms with E-state index in [1.807, 2.05) is 23.1 Å². The highest BCUT2D eigenvalue weighted by atomic mass is 16.5. The molecule has 1 N–H and O–H groups in total. The van der Waals surface area contributed by atoms with Crippen molar-refractivity contribution in [1.82, 2.24) is 29.0 Å². The minimum atomic E-state index is -0.239. The first kappa shape index (κ1) is 29.8. The van der Waals surface area contributed by atoms with Crippen LogP contribution in [0.3, 0.4) is 0 Å². The maximum atomic E-state index is 13.9. The SMILES string of the molecule is CCc1c(-c2cn(C)c(=O)c(Nc3ccc(N4CCN(C5COC5)CC4)nc3)n2)ccnc1N1CCn2c(cc3c2CCCC3)C1=O. The highest BCUT2D eigenvalue weighted by molar-refractivity contribution is 6.06. The van der Waals surface area contributed by atoms with Gasteiger partial charge in [-0.25, -0.2) is 15.0 Å². The number of nitrogens with zero attached hydrogens (tertiary/aromatic N) is 8. The Hall–Kier alpha value is -4.55. The normalized spacial score (nSPS) is 18.6. The monoisotopic (exact) mass is 635 g/mol. The van der Waals surface area contributed by atoms with Crippen LogP contribution in [-0.2, 0) is 37.6 Å². The summed E-state index contributed by atoms with van der Waals surface area (Å²) in [7, 11) is 1.73. The van der Waals surface area contributed by atoms with Gasteiger partial charge in [0.15, 0.2) is 5.82 Å². The zero-order valence-electron chi connectivity index (χ0n) is 27.1. The van der Waals surface area contributed by atoms with E-state index in [-0.39, 0.29) is 17.3 Å². The van der Waals surface area contributed by atoms with Crippen LogP contribution >= 0.6 is 0 Å². The van der Waals surface area contributed by atoms with Gasteiger partial charge in [-0.1, -0.05) is 6.92 Å². The Kier molecular flexibility index (Phi) is 7.76. The fourth-order valence-electron chi connectivity index (χ4n) is 7.49. The van der Waals surface area contributed by atoms with Crippen molar-refractivity contribution in [1.29, 1.82) is 0 Å². The van der Waals surface area contributed by atoms with Crippen molar-refractivity contribution in [3.05, 3.63) is 75.7 Å². The van der Waals surface area contributed by atoms with Crippen molar-refractivity contribution in [3.63, 3.8) is 0 Å². The zero-order valence-corrected chi connectivity index (χ0v) is 27.1. The van der Waals surface area contributed by atoms with Gasteiger partial charge in [-0.3, -0.25) is 19.4 Å². The van der Waals surface area contributed by atoms with Crippen LogP contribution in [0.2, 0.25) is 0 Å². The molecule has 4 aliphatic rings. The lowest BCUT2D eigenvalue weighted by molar-refractivity contribution is -0.0661. The van der Waals surface area contributed by atoms with Gasteiger partial charge in [0.05, 0.1) is 36.8 Å². The molecule has 1 amide bonds. The number of rotatable bonds is 7. The number of aromatic nitrogens is 5. The number of fused-ring (bicyclic) bond motifs is 3. The standard InChI is InChI=1S/C35H41N9O3/c1-3-26-27(10-11-36-33(26)44-17-16-43-29-7-5-4-6-23(29)18-30(43)34(44)45)28-20-40(2)35(46)32(39-28)38-24-8-9-31(37-19-24)42-14-12-41(13-15-42)25-21-47-22-25/h8-11,18-20,25H,3-7,12-17,21-22H2,1-2H3,(H,38,39). The Morgan fingerprint density at radius 2 is 1.81 bits per heavy atom. The van der Waals surface area contributed by atoms with Crippen molar-refractivity contribution in [3.8, 4) is 11.3 Å². The molecule has 1 aliphatic carbocycles. The minimum Gasteiger partial charge on any atom is -0.378 e. The van der Waals surface area contributed by atoms with Gasteiger partial charge in [0, 0.05) is 75.5 Å². The first-order valence-corrected chi connectivity index (χ1v) is 16.9. The van der Waals surface area contributed by atoms with Crippen LogP contribution < -0.4 is 20.7 Å². The summed E-state index contributed by atoms with van der Waals surface area (Å²) < 4.78 is 9.13. The van der Waals surface area contributed by atoms with E-state index in [9.17, 15) is 9.59 Å². The minimum absolute atomic E-state index is 0.00781. The van der Waals surface area contributed by atoms with Gasteiger partial charge in [-0.15, -0.1) is 0 Å². The molecule has 4 aromatic heterocycles. The molecule has 7 heterocycles. The molecule has 0 saturated carbocycles. The smallest absolute Gasteiger partial charge is 0.293 e. The van der Waals surface area contributed by atoms with Crippen molar-refractivity contribution in [2.75, 3.05) is 61.1 Å². The number of nitrogens with one attached hydrogen (secondary N) is 1. The molecule has 12 nitrogen and oxygen atoms in total. The maximum Gasteiger partial charge on any atom is 0.293 e. The average Bonchev–Trinajstić information content (AvgIpc) is 3.46. The van der Waals surface area contributed by atoms with Crippen LogP contribution in [0, 0.1) is 0 Å². The van der Waals surface area contributed by atoms with Crippen LogP contribution in [0.4, 0.5) is 23.1 Å². The molecule has 244 valence electrons. The summed E-state index contributed by atoms with van der Waals surface area (Å²) in [5.74, 6) is 1.79. The lowest BCUT2D eigenvalue weighted by Crippen LogP contribution is -2.56. The Balaban J connectivity index is 1.04. The third kappa shape index (κ3) is 5.39. The van der Waals surface area contributed by atoms with Crippen LogP contribution in [0.1, 0.15) is 47.1 Å². The fraction of sp³-hybridized carbons (Fsp3) is 0.457. The molecule has 0 spiro atoms. The Labute approximate surface area is 274 Å². The lowest BCUT2D eigenvalue weighted by atomic mass is 9.98. The molecule has 0 atom stereocenters. The number of ether oxygens (including phenoxy) is 1. The van der Waals surface area contributed by atoms with E-state index >= 15 is 0 Å². The number of anilines is 4. The molecule has 47 heavy (non-hydrogen) atoms. The number of aryl methyl sites for hydroxylation is 2. The average molecular weight is 636 g/mol. The summed E-state index contributed by atoms with van der Waals surface area (Å²) in [5, 5.41) is 3.22. The Bertz CT molecular complexity index is 1870. The quantitative estimate of drug-likeness (QED) is 0.327. The van der Waals surface area contributed by atoms with E-state index < -0.39 is 0 Å². The van der Waals surface area contributed by atoms with Crippen LogP contribution in [0.15, 0.2) is 47.7 Å². The second kappa shape index (κ2) is 12.2. The predicted octanol–water partition coefficient (Wildman–Crippen LogP) is 3.40. The van der Waals surface area contributed by atoms with Crippen LogP contribution in [0.5, 0.6) is 0 Å². The largest absolute Gasteiger partial charge is 0.378 e. The third-order valence-corrected chi connectivity index (χ3v) is 10.2. The molecule has 0 radical (unpaired) electrons. The second-order valence-corrected chi connectivity index (χ2v) is 13.0. The van der Waals surface area contributed by atoms with Crippen LogP contribution in [0.25, 0.3) is 11.3 Å². The number of carbonyl (C=O) groups excluding carboxylic acids is 1. The predicted molar refractivity (Wildman–Crippen MR) is 181 cm³/mol. The van der Waals surface area contributed by atoms with Crippen LogP contribution in [-0.4, -0.2) is 86.9 Å². The van der Waals surface area contributed by atoms with Gasteiger partial charge < -0.3 is 24.1 Å². The summed E-state index contributed by atoms with van der Waals surface area (Å²) in [6, 6.07) is 8.51. The summed E-state index contributed by atoms with van der Waals surface area (Å²) in [6.07, 6.45) is 10.3. The number of carbonyl (C=O) groups is 1. The maximum absolute atomic E-state index is 13.9. The van der Waals surface area contributed by atoms with Gasteiger partial charge >= 0.3 is 0 Å². The van der Waals surface area contributed by atoms with E-state index in [2.05, 4.69) is 32.7 Å². The molecule has 0 bridgehead atoms.